The summed E-state index contributed by atoms with van der Waals surface area (Å²) in [4.78, 5) is 29.2. The number of fused-ring (bicyclic) bond motifs is 1. The Balaban J connectivity index is 1.69. The first-order chi connectivity index (χ1) is 15.0. The van der Waals surface area contributed by atoms with Crippen LogP contribution in [0.4, 0.5) is 0 Å². The molecule has 2 aromatic rings. The van der Waals surface area contributed by atoms with E-state index in [2.05, 4.69) is 12.1 Å². The summed E-state index contributed by atoms with van der Waals surface area (Å²) in [5, 5.41) is 0. The molecule has 0 radical (unpaired) electrons. The molecule has 4 rings (SSSR count). The number of carbonyl (C=O) groups excluding carboxylic acids is 2. The number of methoxy groups -OCH3 is 2. The van der Waals surface area contributed by atoms with Crippen LogP contribution in [0.5, 0.6) is 11.5 Å². The molecule has 0 N–H and O–H groups in total. The fraction of sp³-hybridized carbons (Fsp3) is 0.440. The highest BCUT2D eigenvalue weighted by Gasteiger charge is 2.37. The molecule has 1 fully saturated rings. The molecule has 31 heavy (non-hydrogen) atoms. The third-order valence-electron chi connectivity index (χ3n) is 6.56. The van der Waals surface area contributed by atoms with E-state index in [1.807, 2.05) is 40.1 Å². The summed E-state index contributed by atoms with van der Waals surface area (Å²) < 4.78 is 11.1. The highest BCUT2D eigenvalue weighted by Crippen LogP contribution is 2.42. The molecule has 1 unspecified atom stereocenters. The first-order valence-corrected chi connectivity index (χ1v) is 10.9. The average molecular weight is 423 g/mol. The lowest BCUT2D eigenvalue weighted by molar-refractivity contribution is -0.141. The van der Waals surface area contributed by atoms with Crippen molar-refractivity contribution in [1.82, 2.24) is 9.80 Å². The topological polar surface area (TPSA) is 59.1 Å². The van der Waals surface area contributed by atoms with E-state index < -0.39 is 0 Å². The van der Waals surface area contributed by atoms with E-state index >= 15 is 0 Å². The molecule has 1 atom stereocenters. The summed E-state index contributed by atoms with van der Waals surface area (Å²) in [7, 11) is 3.28. The molecule has 2 amide bonds. The van der Waals surface area contributed by atoms with E-state index in [4.69, 9.17) is 9.47 Å². The van der Waals surface area contributed by atoms with E-state index in [9.17, 15) is 9.59 Å². The Kier molecular flexibility index (Phi) is 6.16. The number of carbonyl (C=O) groups is 2. The van der Waals surface area contributed by atoms with Crippen molar-refractivity contribution >= 4 is 11.8 Å². The number of likely N-dealkylation sites (tertiary alicyclic amines) is 1. The Morgan fingerprint density at radius 1 is 0.935 bits per heavy atom. The smallest absolute Gasteiger partial charge is 0.226 e. The van der Waals surface area contributed by atoms with Gasteiger partial charge in [-0.15, -0.1) is 0 Å². The third kappa shape index (κ3) is 4.11. The molecule has 6 nitrogen and oxygen atoms in total. The minimum Gasteiger partial charge on any atom is -0.493 e. The molecule has 2 heterocycles. The van der Waals surface area contributed by atoms with Crippen LogP contribution in [0.25, 0.3) is 0 Å². The third-order valence-corrected chi connectivity index (χ3v) is 6.56. The van der Waals surface area contributed by atoms with Gasteiger partial charge in [0, 0.05) is 32.5 Å². The van der Waals surface area contributed by atoms with Crippen LogP contribution in [0.2, 0.25) is 0 Å². The molecule has 2 aliphatic rings. The van der Waals surface area contributed by atoms with Crippen LogP contribution < -0.4 is 9.47 Å². The molecule has 0 aliphatic carbocycles. The van der Waals surface area contributed by atoms with Crippen molar-refractivity contribution in [2.24, 2.45) is 5.92 Å². The highest BCUT2D eigenvalue weighted by atomic mass is 16.5. The van der Waals surface area contributed by atoms with Gasteiger partial charge in [0.2, 0.25) is 11.8 Å². The molecular weight excluding hydrogens is 392 g/mol. The van der Waals surface area contributed by atoms with Gasteiger partial charge < -0.3 is 19.3 Å². The van der Waals surface area contributed by atoms with Crippen molar-refractivity contribution in [2.45, 2.75) is 32.2 Å². The second-order valence-corrected chi connectivity index (χ2v) is 8.28. The average Bonchev–Trinajstić information content (AvgIpc) is 2.82. The molecule has 2 aliphatic heterocycles. The molecule has 0 aromatic heterocycles. The zero-order valence-corrected chi connectivity index (χ0v) is 18.5. The predicted molar refractivity (Wildman–Crippen MR) is 118 cm³/mol. The minimum absolute atomic E-state index is 0.0523. The van der Waals surface area contributed by atoms with E-state index in [1.54, 1.807) is 21.1 Å². The van der Waals surface area contributed by atoms with Gasteiger partial charge in [0.15, 0.2) is 11.5 Å². The lowest BCUT2D eigenvalue weighted by atomic mass is 9.85. The van der Waals surface area contributed by atoms with Crippen molar-refractivity contribution in [2.75, 3.05) is 33.9 Å². The van der Waals surface area contributed by atoms with Crippen molar-refractivity contribution in [3.05, 3.63) is 59.2 Å². The SMILES string of the molecule is COc1cc2c(cc1OC)C(c1ccccc1)N(C(=O)C1CCN(C(C)=O)CC1)CC2. The van der Waals surface area contributed by atoms with Gasteiger partial charge in [-0.05, 0) is 48.1 Å². The summed E-state index contributed by atoms with van der Waals surface area (Å²) in [6.45, 7) is 3.55. The Hall–Kier alpha value is -3.02. The van der Waals surface area contributed by atoms with Crippen LogP contribution in [0.1, 0.15) is 42.5 Å². The standard InChI is InChI=1S/C25H30N2O4/c1-17(28)26-12-9-19(10-13-26)25(29)27-14-11-20-15-22(30-2)23(31-3)16-21(20)24(27)18-7-5-4-6-8-18/h4-8,15-16,19,24H,9-14H2,1-3H3. The molecule has 0 bridgehead atoms. The number of hydrogen-bond donors (Lipinski definition) is 0. The molecule has 1 saturated heterocycles. The summed E-state index contributed by atoms with van der Waals surface area (Å²) in [6.07, 6.45) is 2.21. The quantitative estimate of drug-likeness (QED) is 0.757. The van der Waals surface area contributed by atoms with Gasteiger partial charge in [-0.25, -0.2) is 0 Å². The minimum atomic E-state index is -0.164. The second-order valence-electron chi connectivity index (χ2n) is 8.28. The lowest BCUT2D eigenvalue weighted by Gasteiger charge is -2.41. The van der Waals surface area contributed by atoms with Crippen LogP contribution in [0, 0.1) is 5.92 Å². The fourth-order valence-electron chi connectivity index (χ4n) is 4.85. The Morgan fingerprint density at radius 2 is 1.58 bits per heavy atom. The van der Waals surface area contributed by atoms with Crippen molar-refractivity contribution < 1.29 is 19.1 Å². The maximum atomic E-state index is 13.7. The maximum absolute atomic E-state index is 13.7. The van der Waals surface area contributed by atoms with Gasteiger partial charge in [-0.1, -0.05) is 30.3 Å². The van der Waals surface area contributed by atoms with Crippen LogP contribution in [0.15, 0.2) is 42.5 Å². The van der Waals surface area contributed by atoms with Crippen molar-refractivity contribution in [3.8, 4) is 11.5 Å². The number of piperidine rings is 1. The summed E-state index contributed by atoms with van der Waals surface area (Å²) in [6, 6.07) is 14.1. The second kappa shape index (κ2) is 9.00. The predicted octanol–water partition coefficient (Wildman–Crippen LogP) is 3.44. The lowest BCUT2D eigenvalue weighted by Crippen LogP contribution is -2.47. The Morgan fingerprint density at radius 3 is 2.19 bits per heavy atom. The first-order valence-electron chi connectivity index (χ1n) is 10.9. The van der Waals surface area contributed by atoms with Gasteiger partial charge in [0.25, 0.3) is 0 Å². The molecule has 6 heteroatoms. The van der Waals surface area contributed by atoms with E-state index in [0.717, 1.165) is 30.4 Å². The van der Waals surface area contributed by atoms with Gasteiger partial charge in [-0.2, -0.15) is 0 Å². The molecule has 0 saturated carbocycles. The largest absolute Gasteiger partial charge is 0.493 e. The normalized spacial score (nSPS) is 19.0. The zero-order valence-electron chi connectivity index (χ0n) is 18.5. The Labute approximate surface area is 183 Å². The van der Waals surface area contributed by atoms with Crippen LogP contribution in [0.3, 0.4) is 0 Å². The molecule has 164 valence electrons. The fourth-order valence-corrected chi connectivity index (χ4v) is 4.85. The molecular formula is C25H30N2O4. The van der Waals surface area contributed by atoms with E-state index in [-0.39, 0.29) is 23.8 Å². The Bertz CT molecular complexity index is 951. The van der Waals surface area contributed by atoms with E-state index in [1.165, 1.54) is 5.56 Å². The molecule has 2 aromatic carbocycles. The molecule has 0 spiro atoms. The first kappa shape index (κ1) is 21.2. The number of amides is 2. The van der Waals surface area contributed by atoms with Crippen LogP contribution in [-0.4, -0.2) is 55.5 Å². The van der Waals surface area contributed by atoms with Crippen molar-refractivity contribution in [3.63, 3.8) is 0 Å². The zero-order chi connectivity index (χ0) is 22.0. The van der Waals surface area contributed by atoms with Gasteiger partial charge in [0.1, 0.15) is 0 Å². The summed E-state index contributed by atoms with van der Waals surface area (Å²) in [5.41, 5.74) is 3.36. The number of nitrogens with zero attached hydrogens (tertiary/aromatic N) is 2. The summed E-state index contributed by atoms with van der Waals surface area (Å²) in [5.74, 6) is 1.60. The maximum Gasteiger partial charge on any atom is 0.226 e. The van der Waals surface area contributed by atoms with E-state index in [0.29, 0.717) is 31.1 Å². The summed E-state index contributed by atoms with van der Waals surface area (Å²) >= 11 is 0. The van der Waals surface area contributed by atoms with Crippen LogP contribution >= 0.6 is 0 Å². The number of ether oxygens (including phenoxy) is 2. The van der Waals surface area contributed by atoms with Gasteiger partial charge >= 0.3 is 0 Å². The highest BCUT2D eigenvalue weighted by molar-refractivity contribution is 5.81. The van der Waals surface area contributed by atoms with Crippen LogP contribution in [-0.2, 0) is 16.0 Å². The number of hydrogen-bond acceptors (Lipinski definition) is 4. The van der Waals surface area contributed by atoms with Crippen molar-refractivity contribution in [1.29, 1.82) is 0 Å². The number of benzene rings is 2. The van der Waals surface area contributed by atoms with Gasteiger partial charge in [0.05, 0.1) is 20.3 Å². The monoisotopic (exact) mass is 422 g/mol. The number of rotatable bonds is 4. The van der Waals surface area contributed by atoms with Gasteiger partial charge in [-0.3, -0.25) is 9.59 Å².